The standard InChI is InChI=1S/C10H11BrClN3O/c11-8-2-1-7(10(13)14-8)15-5-6(4-12)3-9(15)16/h1-2,6H,3-5H2,(H2,13,14). The van der Waals surface area contributed by atoms with Crippen molar-refractivity contribution in [1.29, 1.82) is 0 Å². The number of aromatic nitrogens is 1. The lowest BCUT2D eigenvalue weighted by atomic mass is 10.1. The molecule has 1 aromatic heterocycles. The van der Waals surface area contributed by atoms with Crippen molar-refractivity contribution in [3.8, 4) is 0 Å². The van der Waals surface area contributed by atoms with Gasteiger partial charge in [-0.2, -0.15) is 0 Å². The Hall–Kier alpha value is -0.810. The van der Waals surface area contributed by atoms with Gasteiger partial charge in [0.15, 0.2) is 0 Å². The molecule has 1 saturated heterocycles. The molecule has 1 amide bonds. The molecule has 1 aromatic rings. The quantitative estimate of drug-likeness (QED) is 0.672. The van der Waals surface area contributed by atoms with Crippen LogP contribution >= 0.6 is 27.5 Å². The lowest BCUT2D eigenvalue weighted by molar-refractivity contribution is -0.117. The number of alkyl halides is 1. The van der Waals surface area contributed by atoms with Crippen LogP contribution < -0.4 is 10.6 Å². The van der Waals surface area contributed by atoms with Gasteiger partial charge in [0, 0.05) is 18.8 Å². The molecule has 16 heavy (non-hydrogen) atoms. The number of nitrogens with zero attached hydrogens (tertiary/aromatic N) is 2. The summed E-state index contributed by atoms with van der Waals surface area (Å²) < 4.78 is 0.661. The van der Waals surface area contributed by atoms with Gasteiger partial charge in [-0.1, -0.05) is 0 Å². The minimum atomic E-state index is 0.0569. The van der Waals surface area contributed by atoms with Gasteiger partial charge in [-0.15, -0.1) is 11.6 Å². The summed E-state index contributed by atoms with van der Waals surface area (Å²) in [5, 5.41) is 0. The van der Waals surface area contributed by atoms with E-state index in [9.17, 15) is 4.79 Å². The van der Waals surface area contributed by atoms with Crippen LogP contribution in [0.1, 0.15) is 6.42 Å². The zero-order valence-electron chi connectivity index (χ0n) is 8.49. The summed E-state index contributed by atoms with van der Waals surface area (Å²) in [5.41, 5.74) is 6.45. The fraction of sp³-hybridized carbons (Fsp3) is 0.400. The normalized spacial score (nSPS) is 20.5. The molecular weight excluding hydrogens is 293 g/mol. The van der Waals surface area contributed by atoms with Gasteiger partial charge in [0.1, 0.15) is 10.4 Å². The lowest BCUT2D eigenvalue weighted by Gasteiger charge is -2.17. The van der Waals surface area contributed by atoms with Crippen LogP contribution in [0.4, 0.5) is 11.5 Å². The van der Waals surface area contributed by atoms with Crippen LogP contribution in [-0.4, -0.2) is 23.3 Å². The van der Waals surface area contributed by atoms with Crippen molar-refractivity contribution in [1.82, 2.24) is 4.98 Å². The van der Waals surface area contributed by atoms with Crippen molar-refractivity contribution in [3.05, 3.63) is 16.7 Å². The first-order valence-electron chi connectivity index (χ1n) is 4.90. The number of carbonyl (C=O) groups is 1. The molecule has 86 valence electrons. The number of hydrogen-bond acceptors (Lipinski definition) is 3. The zero-order chi connectivity index (χ0) is 11.7. The lowest BCUT2D eigenvalue weighted by Crippen LogP contribution is -2.25. The molecule has 0 aromatic carbocycles. The van der Waals surface area contributed by atoms with Gasteiger partial charge >= 0.3 is 0 Å². The highest BCUT2D eigenvalue weighted by molar-refractivity contribution is 9.10. The highest BCUT2D eigenvalue weighted by Crippen LogP contribution is 2.30. The van der Waals surface area contributed by atoms with E-state index in [4.69, 9.17) is 17.3 Å². The molecule has 2 rings (SSSR count). The second-order valence-electron chi connectivity index (χ2n) is 3.77. The van der Waals surface area contributed by atoms with Crippen LogP contribution in [-0.2, 0) is 4.79 Å². The summed E-state index contributed by atoms with van der Waals surface area (Å²) in [6.07, 6.45) is 0.485. The van der Waals surface area contributed by atoms with Crippen molar-refractivity contribution in [2.24, 2.45) is 5.92 Å². The number of rotatable bonds is 2. The number of hydrogen-bond donors (Lipinski definition) is 1. The second kappa shape index (κ2) is 4.59. The van der Waals surface area contributed by atoms with Gasteiger partial charge in [0.2, 0.25) is 5.91 Å². The SMILES string of the molecule is Nc1nc(Br)ccc1N1CC(CCl)CC1=O. The molecular formula is C10H11BrClN3O. The van der Waals surface area contributed by atoms with E-state index in [2.05, 4.69) is 20.9 Å². The highest BCUT2D eigenvalue weighted by Gasteiger charge is 2.31. The summed E-state index contributed by atoms with van der Waals surface area (Å²) in [5.74, 6) is 1.11. The first kappa shape index (κ1) is 11.7. The van der Waals surface area contributed by atoms with Crippen LogP contribution in [0.3, 0.4) is 0 Å². The van der Waals surface area contributed by atoms with E-state index >= 15 is 0 Å². The highest BCUT2D eigenvalue weighted by atomic mass is 79.9. The Balaban J connectivity index is 2.28. The van der Waals surface area contributed by atoms with Gasteiger partial charge in [-0.3, -0.25) is 4.79 Å². The minimum absolute atomic E-state index is 0.0569. The third-order valence-corrected chi connectivity index (χ3v) is 3.46. The van der Waals surface area contributed by atoms with E-state index in [1.807, 2.05) is 0 Å². The molecule has 0 saturated carbocycles. The number of anilines is 2. The van der Waals surface area contributed by atoms with Crippen molar-refractivity contribution in [3.63, 3.8) is 0 Å². The van der Waals surface area contributed by atoms with Gasteiger partial charge in [0.25, 0.3) is 0 Å². The van der Waals surface area contributed by atoms with Crippen LogP contribution in [0.5, 0.6) is 0 Å². The molecule has 1 unspecified atom stereocenters. The number of pyridine rings is 1. The molecule has 1 atom stereocenters. The number of halogens is 2. The first-order valence-corrected chi connectivity index (χ1v) is 6.23. The van der Waals surface area contributed by atoms with Gasteiger partial charge in [0.05, 0.1) is 5.69 Å². The van der Waals surface area contributed by atoms with E-state index in [1.54, 1.807) is 17.0 Å². The Morgan fingerprint density at radius 3 is 2.94 bits per heavy atom. The van der Waals surface area contributed by atoms with Crippen LogP contribution in [0.2, 0.25) is 0 Å². The summed E-state index contributed by atoms with van der Waals surface area (Å²) in [7, 11) is 0. The van der Waals surface area contributed by atoms with E-state index < -0.39 is 0 Å². The Morgan fingerprint density at radius 2 is 2.38 bits per heavy atom. The maximum Gasteiger partial charge on any atom is 0.227 e. The molecule has 0 bridgehead atoms. The largest absolute Gasteiger partial charge is 0.382 e. The number of nitrogen functional groups attached to an aromatic ring is 1. The second-order valence-corrected chi connectivity index (χ2v) is 4.89. The summed E-state index contributed by atoms with van der Waals surface area (Å²) in [4.78, 5) is 17.5. The monoisotopic (exact) mass is 303 g/mol. The fourth-order valence-corrected chi connectivity index (χ4v) is 2.32. The third kappa shape index (κ3) is 2.15. The average Bonchev–Trinajstić information content (AvgIpc) is 2.60. The van der Waals surface area contributed by atoms with Gasteiger partial charge in [-0.05, 0) is 34.0 Å². The number of amides is 1. The number of carbonyl (C=O) groups excluding carboxylic acids is 1. The van der Waals surface area contributed by atoms with Crippen molar-refractivity contribution < 1.29 is 4.79 Å². The fourth-order valence-electron chi connectivity index (χ4n) is 1.79. The molecule has 2 N–H and O–H groups in total. The van der Waals surface area contributed by atoms with E-state index in [-0.39, 0.29) is 11.8 Å². The van der Waals surface area contributed by atoms with E-state index in [0.717, 1.165) is 0 Å². The van der Waals surface area contributed by atoms with E-state index in [1.165, 1.54) is 0 Å². The average molecular weight is 305 g/mol. The molecule has 6 heteroatoms. The Morgan fingerprint density at radius 1 is 1.62 bits per heavy atom. The van der Waals surface area contributed by atoms with Crippen molar-refractivity contribution >= 4 is 44.9 Å². The summed E-state index contributed by atoms with van der Waals surface area (Å²) >= 11 is 8.99. The van der Waals surface area contributed by atoms with Crippen molar-refractivity contribution in [2.75, 3.05) is 23.1 Å². The molecule has 0 radical (unpaired) electrons. The number of nitrogens with two attached hydrogens (primary N) is 1. The van der Waals surface area contributed by atoms with Gasteiger partial charge in [-0.25, -0.2) is 4.98 Å². The Bertz CT molecular complexity index is 427. The Labute approximate surface area is 107 Å². The molecule has 2 heterocycles. The summed E-state index contributed by atoms with van der Waals surface area (Å²) in [6.45, 7) is 0.621. The summed E-state index contributed by atoms with van der Waals surface area (Å²) in [6, 6.07) is 3.56. The molecule has 1 fully saturated rings. The first-order chi connectivity index (χ1) is 7.61. The Kier molecular flexibility index (Phi) is 3.35. The topological polar surface area (TPSA) is 59.2 Å². The maximum atomic E-state index is 11.8. The molecule has 0 spiro atoms. The molecule has 1 aliphatic rings. The smallest absolute Gasteiger partial charge is 0.227 e. The maximum absolute atomic E-state index is 11.8. The molecule has 4 nitrogen and oxygen atoms in total. The third-order valence-electron chi connectivity index (χ3n) is 2.58. The minimum Gasteiger partial charge on any atom is -0.382 e. The predicted molar refractivity (Wildman–Crippen MR) is 67.5 cm³/mol. The van der Waals surface area contributed by atoms with Crippen molar-refractivity contribution in [2.45, 2.75) is 6.42 Å². The molecule has 1 aliphatic heterocycles. The predicted octanol–water partition coefficient (Wildman–Crippen LogP) is 2.02. The van der Waals surface area contributed by atoms with Crippen LogP contribution in [0, 0.1) is 5.92 Å². The van der Waals surface area contributed by atoms with Crippen LogP contribution in [0.25, 0.3) is 0 Å². The molecule has 0 aliphatic carbocycles. The van der Waals surface area contributed by atoms with Gasteiger partial charge < -0.3 is 10.6 Å². The van der Waals surface area contributed by atoms with Crippen LogP contribution in [0.15, 0.2) is 16.7 Å². The zero-order valence-corrected chi connectivity index (χ0v) is 10.8. The van der Waals surface area contributed by atoms with E-state index in [0.29, 0.717) is 35.0 Å².